The van der Waals surface area contributed by atoms with Gasteiger partial charge < -0.3 is 10.1 Å². The predicted octanol–water partition coefficient (Wildman–Crippen LogP) is 2.39. The van der Waals surface area contributed by atoms with Gasteiger partial charge in [-0.2, -0.15) is 0 Å². The molecule has 1 aromatic carbocycles. The molecule has 0 aromatic heterocycles. The largest absolute Gasteiger partial charge is 0.488 e. The van der Waals surface area contributed by atoms with Crippen LogP contribution in [0.15, 0.2) is 16.6 Å². The number of benzene rings is 1. The molecule has 0 fully saturated rings. The molecule has 0 amide bonds. The van der Waals surface area contributed by atoms with Gasteiger partial charge in [0.1, 0.15) is 12.4 Å². The summed E-state index contributed by atoms with van der Waals surface area (Å²) in [6, 6.07) is 2.82. The summed E-state index contributed by atoms with van der Waals surface area (Å²) >= 11 is 3.23. The van der Waals surface area contributed by atoms with E-state index in [1.165, 1.54) is 12.1 Å². The van der Waals surface area contributed by atoms with Crippen molar-refractivity contribution in [1.29, 1.82) is 0 Å². The average molecular weight is 232 g/mol. The number of fused-ring (bicyclic) bond motifs is 1. The van der Waals surface area contributed by atoms with Crippen molar-refractivity contribution < 1.29 is 9.13 Å². The number of halogens is 2. The van der Waals surface area contributed by atoms with E-state index in [1.807, 2.05) is 0 Å². The Balaban J connectivity index is 2.53. The lowest BCUT2D eigenvalue weighted by molar-refractivity contribution is 0.320. The van der Waals surface area contributed by atoms with Gasteiger partial charge in [-0.1, -0.05) is 0 Å². The van der Waals surface area contributed by atoms with E-state index >= 15 is 0 Å². The first-order valence-corrected chi connectivity index (χ1v) is 4.42. The van der Waals surface area contributed by atoms with Crippen LogP contribution in [-0.4, -0.2) is 13.2 Å². The number of anilines is 1. The van der Waals surface area contributed by atoms with Gasteiger partial charge >= 0.3 is 0 Å². The normalized spacial score (nSPS) is 14.5. The third kappa shape index (κ3) is 1.27. The standard InChI is InChI=1S/C8H7BrFNO/c9-6-3-5(10)4-7-8(6)12-2-1-11-7/h3-4,11H,1-2H2. The minimum absolute atomic E-state index is 0.265. The highest BCUT2D eigenvalue weighted by Gasteiger charge is 2.13. The van der Waals surface area contributed by atoms with Crippen LogP contribution >= 0.6 is 15.9 Å². The Labute approximate surface area is 77.9 Å². The van der Waals surface area contributed by atoms with Crippen LogP contribution in [0, 0.1) is 5.82 Å². The summed E-state index contributed by atoms with van der Waals surface area (Å²) in [5.41, 5.74) is 0.716. The zero-order valence-corrected chi connectivity index (χ0v) is 7.82. The van der Waals surface area contributed by atoms with Crippen LogP contribution in [0.5, 0.6) is 5.75 Å². The summed E-state index contributed by atoms with van der Waals surface area (Å²) in [5, 5.41) is 3.05. The summed E-state index contributed by atoms with van der Waals surface area (Å²) in [6.45, 7) is 1.35. The minimum atomic E-state index is -0.265. The van der Waals surface area contributed by atoms with E-state index in [4.69, 9.17) is 4.74 Å². The maximum atomic E-state index is 12.8. The molecule has 1 N–H and O–H groups in total. The van der Waals surface area contributed by atoms with E-state index in [9.17, 15) is 4.39 Å². The zero-order chi connectivity index (χ0) is 8.55. The molecule has 2 nitrogen and oxygen atoms in total. The Morgan fingerprint density at radius 2 is 2.33 bits per heavy atom. The van der Waals surface area contributed by atoms with E-state index in [1.54, 1.807) is 0 Å². The van der Waals surface area contributed by atoms with E-state index in [0.717, 1.165) is 6.54 Å². The highest BCUT2D eigenvalue weighted by molar-refractivity contribution is 9.10. The topological polar surface area (TPSA) is 21.3 Å². The molecule has 0 bridgehead atoms. The minimum Gasteiger partial charge on any atom is -0.488 e. The second kappa shape index (κ2) is 2.94. The highest BCUT2D eigenvalue weighted by atomic mass is 79.9. The third-order valence-electron chi connectivity index (χ3n) is 1.67. The molecule has 1 aliphatic rings. The van der Waals surface area contributed by atoms with E-state index in [2.05, 4.69) is 21.2 Å². The molecule has 2 rings (SSSR count). The Bertz CT molecular complexity index is 316. The number of nitrogens with one attached hydrogen (secondary N) is 1. The maximum Gasteiger partial charge on any atom is 0.156 e. The van der Waals surface area contributed by atoms with Crippen LogP contribution < -0.4 is 10.1 Å². The van der Waals surface area contributed by atoms with Crippen molar-refractivity contribution in [3.05, 3.63) is 22.4 Å². The molecule has 4 heteroatoms. The van der Waals surface area contributed by atoms with Crippen molar-refractivity contribution in [3.63, 3.8) is 0 Å². The summed E-state index contributed by atoms with van der Waals surface area (Å²) in [5.74, 6) is 0.432. The molecule has 0 unspecified atom stereocenters. The fourth-order valence-electron chi connectivity index (χ4n) is 1.18. The van der Waals surface area contributed by atoms with Crippen LogP contribution in [0.25, 0.3) is 0 Å². The Morgan fingerprint density at radius 1 is 1.50 bits per heavy atom. The van der Waals surface area contributed by atoms with Gasteiger partial charge in [-0.25, -0.2) is 4.39 Å². The fraction of sp³-hybridized carbons (Fsp3) is 0.250. The molecule has 0 aliphatic carbocycles. The second-order valence-electron chi connectivity index (χ2n) is 2.54. The number of rotatable bonds is 0. The number of hydrogen-bond acceptors (Lipinski definition) is 2. The highest BCUT2D eigenvalue weighted by Crippen LogP contribution is 2.35. The Morgan fingerprint density at radius 3 is 3.17 bits per heavy atom. The molecule has 12 heavy (non-hydrogen) atoms. The molecule has 0 saturated heterocycles. The molecular weight excluding hydrogens is 225 g/mol. The molecule has 0 saturated carbocycles. The van der Waals surface area contributed by atoms with Gasteiger partial charge in [-0.15, -0.1) is 0 Å². The van der Waals surface area contributed by atoms with Crippen molar-refractivity contribution in [1.82, 2.24) is 0 Å². The van der Waals surface area contributed by atoms with Crippen LogP contribution in [0.3, 0.4) is 0 Å². The summed E-state index contributed by atoms with van der Waals surface area (Å²) < 4.78 is 18.8. The van der Waals surface area contributed by atoms with Gasteiger partial charge in [0.15, 0.2) is 5.75 Å². The van der Waals surface area contributed by atoms with Crippen molar-refractivity contribution >= 4 is 21.6 Å². The van der Waals surface area contributed by atoms with Gasteiger partial charge in [0, 0.05) is 12.6 Å². The monoisotopic (exact) mass is 231 g/mol. The molecule has 0 spiro atoms. The van der Waals surface area contributed by atoms with E-state index in [0.29, 0.717) is 22.5 Å². The van der Waals surface area contributed by atoms with E-state index in [-0.39, 0.29) is 5.82 Å². The predicted molar refractivity (Wildman–Crippen MR) is 48.1 cm³/mol. The van der Waals surface area contributed by atoms with Crippen molar-refractivity contribution in [3.8, 4) is 5.75 Å². The number of hydrogen-bond donors (Lipinski definition) is 1. The third-order valence-corrected chi connectivity index (χ3v) is 2.26. The number of ether oxygens (including phenoxy) is 1. The molecule has 1 aromatic rings. The summed E-state index contributed by atoms with van der Waals surface area (Å²) in [7, 11) is 0. The Kier molecular flexibility index (Phi) is 1.92. The van der Waals surface area contributed by atoms with Crippen LogP contribution in [0.2, 0.25) is 0 Å². The van der Waals surface area contributed by atoms with Crippen molar-refractivity contribution in [2.24, 2.45) is 0 Å². The lowest BCUT2D eigenvalue weighted by Crippen LogP contribution is -2.18. The van der Waals surface area contributed by atoms with Gasteiger partial charge in [-0.3, -0.25) is 0 Å². The van der Waals surface area contributed by atoms with Gasteiger partial charge in [0.2, 0.25) is 0 Å². The first-order chi connectivity index (χ1) is 5.77. The van der Waals surface area contributed by atoms with Crippen molar-refractivity contribution in [2.45, 2.75) is 0 Å². The van der Waals surface area contributed by atoms with Gasteiger partial charge in [-0.05, 0) is 22.0 Å². The molecule has 1 heterocycles. The van der Waals surface area contributed by atoms with Crippen molar-refractivity contribution in [2.75, 3.05) is 18.5 Å². The average Bonchev–Trinajstić information content (AvgIpc) is 2.04. The molecule has 0 atom stereocenters. The first kappa shape index (κ1) is 7.86. The maximum absolute atomic E-state index is 12.8. The van der Waals surface area contributed by atoms with Crippen LogP contribution in [0.4, 0.5) is 10.1 Å². The second-order valence-corrected chi connectivity index (χ2v) is 3.39. The lowest BCUT2D eigenvalue weighted by atomic mass is 10.2. The SMILES string of the molecule is Fc1cc(Br)c2c(c1)NCCO2. The zero-order valence-electron chi connectivity index (χ0n) is 6.23. The molecule has 1 aliphatic heterocycles. The lowest BCUT2D eigenvalue weighted by Gasteiger charge is -2.19. The van der Waals surface area contributed by atoms with Gasteiger partial charge in [0.25, 0.3) is 0 Å². The molecule has 0 radical (unpaired) electrons. The molecule has 64 valence electrons. The van der Waals surface area contributed by atoms with Crippen LogP contribution in [0.1, 0.15) is 0 Å². The molecular formula is C8H7BrFNO. The smallest absolute Gasteiger partial charge is 0.156 e. The van der Waals surface area contributed by atoms with Gasteiger partial charge in [0.05, 0.1) is 10.2 Å². The van der Waals surface area contributed by atoms with Crippen LogP contribution in [-0.2, 0) is 0 Å². The summed E-state index contributed by atoms with van der Waals surface area (Å²) in [6.07, 6.45) is 0. The van der Waals surface area contributed by atoms with E-state index < -0.39 is 0 Å². The summed E-state index contributed by atoms with van der Waals surface area (Å²) in [4.78, 5) is 0. The fourth-order valence-corrected chi connectivity index (χ4v) is 1.72. The Hall–Kier alpha value is -0.770. The quantitative estimate of drug-likeness (QED) is 0.741. The first-order valence-electron chi connectivity index (χ1n) is 3.63.